The molecule has 0 atom stereocenters. The Morgan fingerprint density at radius 3 is 2.43 bits per heavy atom. The first-order chi connectivity index (χ1) is 14.1. The van der Waals surface area contributed by atoms with Crippen molar-refractivity contribution in [1.29, 1.82) is 0 Å². The third kappa shape index (κ3) is 4.77. The highest BCUT2D eigenvalue weighted by atomic mass is 127. The van der Waals surface area contributed by atoms with Gasteiger partial charge in [0, 0.05) is 53.5 Å². The minimum absolute atomic E-state index is 0. The highest BCUT2D eigenvalue weighted by Gasteiger charge is 2.19. The Morgan fingerprint density at radius 2 is 1.70 bits per heavy atom. The number of rotatable bonds is 4. The van der Waals surface area contributed by atoms with Crippen molar-refractivity contribution in [3.05, 3.63) is 65.6 Å². The van der Waals surface area contributed by atoms with E-state index in [4.69, 9.17) is 0 Å². The number of halogens is 1. The SMILES string of the molecule is Cc1c(/C=C/c2cccc[n+]2C)c2ccccc2n1CC(=O)N1CCCCCC1.[I-]. The van der Waals surface area contributed by atoms with Crippen LogP contribution in [0.5, 0.6) is 0 Å². The van der Waals surface area contributed by atoms with Gasteiger partial charge in [0.05, 0.1) is 0 Å². The summed E-state index contributed by atoms with van der Waals surface area (Å²) in [5.74, 6) is 0.237. The summed E-state index contributed by atoms with van der Waals surface area (Å²) in [6, 6.07) is 14.6. The number of aryl methyl sites for hydroxylation is 1. The molecule has 1 fully saturated rings. The van der Waals surface area contributed by atoms with Crippen molar-refractivity contribution >= 4 is 29.0 Å². The molecule has 3 aromatic rings. The highest BCUT2D eigenvalue weighted by molar-refractivity contribution is 5.94. The smallest absolute Gasteiger partial charge is 0.242 e. The van der Waals surface area contributed by atoms with Crippen molar-refractivity contribution in [2.45, 2.75) is 39.2 Å². The van der Waals surface area contributed by atoms with E-state index >= 15 is 0 Å². The Morgan fingerprint density at radius 1 is 1.00 bits per heavy atom. The van der Waals surface area contributed by atoms with Gasteiger partial charge in [-0.25, -0.2) is 4.57 Å². The molecule has 4 nitrogen and oxygen atoms in total. The van der Waals surface area contributed by atoms with Gasteiger partial charge < -0.3 is 33.4 Å². The summed E-state index contributed by atoms with van der Waals surface area (Å²) in [6.07, 6.45) is 11.1. The van der Waals surface area contributed by atoms with Gasteiger partial charge in [0.25, 0.3) is 0 Å². The lowest BCUT2D eigenvalue weighted by atomic mass is 10.1. The van der Waals surface area contributed by atoms with Gasteiger partial charge in [-0.15, -0.1) is 0 Å². The van der Waals surface area contributed by atoms with Gasteiger partial charge in [0.2, 0.25) is 11.6 Å². The van der Waals surface area contributed by atoms with Crippen LogP contribution in [0.4, 0.5) is 0 Å². The van der Waals surface area contributed by atoms with Crippen LogP contribution >= 0.6 is 0 Å². The molecule has 30 heavy (non-hydrogen) atoms. The van der Waals surface area contributed by atoms with Gasteiger partial charge in [0.1, 0.15) is 13.6 Å². The zero-order valence-electron chi connectivity index (χ0n) is 17.9. The standard InChI is InChI=1S/C25H30N3O.HI/c1-20-22(15-14-21-11-7-10-16-26(21)2)23-12-5-6-13-24(23)28(20)19-25(29)27-17-8-3-4-9-18-27;/h5-7,10-16H,3-4,8-9,17-19H2,1-2H3;1H/q+1;/p-1. The number of aromatic nitrogens is 2. The molecule has 0 saturated carbocycles. The lowest BCUT2D eigenvalue weighted by Crippen LogP contribution is -3.00. The monoisotopic (exact) mass is 515 g/mol. The molecule has 0 spiro atoms. The van der Waals surface area contributed by atoms with E-state index in [0.29, 0.717) is 6.54 Å². The molecule has 0 N–H and O–H groups in total. The second-order valence-corrected chi connectivity index (χ2v) is 7.97. The molecule has 1 aliphatic heterocycles. The van der Waals surface area contributed by atoms with Crippen LogP contribution in [-0.4, -0.2) is 28.5 Å². The number of amides is 1. The number of hydrogen-bond donors (Lipinski definition) is 0. The molecule has 1 saturated heterocycles. The van der Waals surface area contributed by atoms with E-state index in [2.05, 4.69) is 82.8 Å². The molecule has 158 valence electrons. The van der Waals surface area contributed by atoms with Gasteiger partial charge >= 0.3 is 0 Å². The molecule has 1 aromatic carbocycles. The molecule has 1 amide bonds. The molecular weight excluding hydrogens is 485 g/mol. The predicted octanol–water partition coefficient (Wildman–Crippen LogP) is 1.35. The number of carbonyl (C=O) groups is 1. The molecule has 0 aliphatic carbocycles. The van der Waals surface area contributed by atoms with Crippen molar-refractivity contribution < 1.29 is 33.3 Å². The van der Waals surface area contributed by atoms with Gasteiger partial charge in [-0.1, -0.05) is 31.0 Å². The van der Waals surface area contributed by atoms with E-state index in [1.807, 2.05) is 6.07 Å². The van der Waals surface area contributed by atoms with Crippen molar-refractivity contribution in [3.8, 4) is 0 Å². The zero-order valence-corrected chi connectivity index (χ0v) is 20.0. The lowest BCUT2D eigenvalue weighted by Gasteiger charge is -2.21. The zero-order chi connectivity index (χ0) is 20.2. The molecule has 3 heterocycles. The number of fused-ring (bicyclic) bond motifs is 1. The van der Waals surface area contributed by atoms with Gasteiger partial charge in [0.15, 0.2) is 6.20 Å². The average molecular weight is 515 g/mol. The fourth-order valence-corrected chi connectivity index (χ4v) is 4.31. The predicted molar refractivity (Wildman–Crippen MR) is 118 cm³/mol. The Labute approximate surface area is 196 Å². The minimum atomic E-state index is 0. The normalized spacial score (nSPS) is 14.7. The van der Waals surface area contributed by atoms with E-state index in [0.717, 1.165) is 42.8 Å². The number of benzene rings is 1. The number of nitrogens with zero attached hydrogens (tertiary/aromatic N) is 3. The second-order valence-electron chi connectivity index (χ2n) is 7.97. The van der Waals surface area contributed by atoms with Gasteiger partial charge in [-0.3, -0.25) is 4.79 Å². The maximum atomic E-state index is 13.0. The van der Waals surface area contributed by atoms with E-state index in [1.54, 1.807) is 0 Å². The summed E-state index contributed by atoms with van der Waals surface area (Å²) >= 11 is 0. The van der Waals surface area contributed by atoms with E-state index < -0.39 is 0 Å². The Hall–Kier alpha value is -2.15. The fraction of sp³-hybridized carbons (Fsp3) is 0.360. The van der Waals surface area contributed by atoms with Crippen LogP contribution in [0.25, 0.3) is 23.1 Å². The summed E-state index contributed by atoms with van der Waals surface area (Å²) in [6.45, 7) is 4.34. The topological polar surface area (TPSA) is 29.1 Å². The summed E-state index contributed by atoms with van der Waals surface area (Å²) < 4.78 is 4.29. The summed E-state index contributed by atoms with van der Waals surface area (Å²) in [4.78, 5) is 15.1. The van der Waals surface area contributed by atoms with Crippen molar-refractivity contribution in [3.63, 3.8) is 0 Å². The van der Waals surface area contributed by atoms with Gasteiger partial charge in [-0.05, 0) is 38.0 Å². The molecular formula is C25H30IN3O. The first-order valence-corrected chi connectivity index (χ1v) is 10.6. The lowest BCUT2D eigenvalue weighted by molar-refractivity contribution is -0.673. The summed E-state index contributed by atoms with van der Waals surface area (Å²) in [7, 11) is 2.05. The number of pyridine rings is 1. The Balaban J connectivity index is 0.00000256. The first-order valence-electron chi connectivity index (χ1n) is 10.6. The van der Waals surface area contributed by atoms with E-state index in [1.165, 1.54) is 23.8 Å². The number of hydrogen-bond acceptors (Lipinski definition) is 1. The Bertz CT molecular complexity index is 1050. The molecule has 1 aliphatic rings. The number of carbonyl (C=O) groups excluding carboxylic acids is 1. The first kappa shape index (κ1) is 22.5. The fourth-order valence-electron chi connectivity index (χ4n) is 4.31. The van der Waals surface area contributed by atoms with Crippen LogP contribution in [0.3, 0.4) is 0 Å². The summed E-state index contributed by atoms with van der Waals surface area (Å²) in [5, 5.41) is 1.20. The largest absolute Gasteiger partial charge is 1.00 e. The van der Waals surface area contributed by atoms with Crippen LogP contribution in [0, 0.1) is 6.92 Å². The van der Waals surface area contributed by atoms with Crippen molar-refractivity contribution in [2.24, 2.45) is 7.05 Å². The number of para-hydroxylation sites is 1. The van der Waals surface area contributed by atoms with Crippen LogP contribution < -0.4 is 28.5 Å². The van der Waals surface area contributed by atoms with Crippen molar-refractivity contribution in [1.82, 2.24) is 9.47 Å². The average Bonchev–Trinajstić information content (AvgIpc) is 2.91. The molecule has 0 unspecified atom stereocenters. The molecule has 0 bridgehead atoms. The van der Waals surface area contributed by atoms with Crippen LogP contribution in [0.1, 0.15) is 42.6 Å². The third-order valence-electron chi connectivity index (χ3n) is 6.05. The van der Waals surface area contributed by atoms with Crippen LogP contribution in [-0.2, 0) is 18.4 Å². The highest BCUT2D eigenvalue weighted by Crippen LogP contribution is 2.28. The van der Waals surface area contributed by atoms with Crippen LogP contribution in [0.2, 0.25) is 0 Å². The maximum Gasteiger partial charge on any atom is 0.242 e. The second kappa shape index (κ2) is 10.2. The van der Waals surface area contributed by atoms with E-state index in [9.17, 15) is 4.79 Å². The van der Waals surface area contributed by atoms with Gasteiger partial charge in [-0.2, -0.15) is 0 Å². The molecule has 0 radical (unpaired) electrons. The maximum absolute atomic E-state index is 13.0. The van der Waals surface area contributed by atoms with E-state index in [-0.39, 0.29) is 29.9 Å². The minimum Gasteiger partial charge on any atom is -1.00 e. The summed E-state index contributed by atoms with van der Waals surface area (Å²) in [5.41, 5.74) is 4.60. The third-order valence-corrected chi connectivity index (χ3v) is 6.05. The number of likely N-dealkylation sites (tertiary alicyclic amines) is 1. The quantitative estimate of drug-likeness (QED) is 0.381. The van der Waals surface area contributed by atoms with Crippen molar-refractivity contribution in [2.75, 3.05) is 13.1 Å². The van der Waals surface area contributed by atoms with Crippen LogP contribution in [0.15, 0.2) is 48.7 Å². The Kier molecular flexibility index (Phi) is 7.69. The molecule has 2 aromatic heterocycles. The molecule has 4 rings (SSSR count). The molecule has 5 heteroatoms.